The molecule has 0 aliphatic heterocycles. The number of para-hydroxylation sites is 1. The van der Waals surface area contributed by atoms with E-state index >= 15 is 0 Å². The summed E-state index contributed by atoms with van der Waals surface area (Å²) < 4.78 is 2.30. The Morgan fingerprint density at radius 3 is 2.71 bits per heavy atom. The second-order valence-corrected chi connectivity index (χ2v) is 5.05. The fraction of sp³-hybridized carbons (Fsp3) is 0.533. The highest BCUT2D eigenvalue weighted by molar-refractivity contribution is 5.82. The Morgan fingerprint density at radius 1 is 1.18 bits per heavy atom. The summed E-state index contributed by atoms with van der Waals surface area (Å²) in [7, 11) is 0. The molecule has 3 rings (SSSR count). The van der Waals surface area contributed by atoms with Crippen molar-refractivity contribution in [1.82, 2.24) is 9.78 Å². The van der Waals surface area contributed by atoms with Crippen LogP contribution in [-0.4, -0.2) is 9.78 Å². The van der Waals surface area contributed by atoms with Gasteiger partial charge >= 0.3 is 0 Å². The molecule has 17 heavy (non-hydrogen) atoms. The van der Waals surface area contributed by atoms with Gasteiger partial charge in [0.05, 0.1) is 17.3 Å². The topological polar surface area (TPSA) is 17.8 Å². The van der Waals surface area contributed by atoms with Crippen molar-refractivity contribution in [3.05, 3.63) is 30.0 Å². The van der Waals surface area contributed by atoms with E-state index in [0.29, 0.717) is 6.04 Å². The Bertz CT molecular complexity index is 507. The van der Waals surface area contributed by atoms with Crippen molar-refractivity contribution in [3.63, 3.8) is 0 Å². The second kappa shape index (κ2) is 4.52. The minimum absolute atomic E-state index is 0.633. The van der Waals surface area contributed by atoms with Gasteiger partial charge in [0.2, 0.25) is 0 Å². The van der Waals surface area contributed by atoms with Gasteiger partial charge in [0, 0.05) is 5.39 Å². The van der Waals surface area contributed by atoms with E-state index in [1.807, 2.05) is 0 Å². The first-order valence-electron chi connectivity index (χ1n) is 6.86. The first kappa shape index (κ1) is 10.8. The SMILES string of the molecule is CCc1nn(C2CCCCC2)c2ccccc12. The number of fused-ring (bicyclic) bond motifs is 1. The summed E-state index contributed by atoms with van der Waals surface area (Å²) in [6.07, 6.45) is 7.75. The first-order chi connectivity index (χ1) is 8.40. The third-order valence-electron chi connectivity index (χ3n) is 3.95. The summed E-state index contributed by atoms with van der Waals surface area (Å²) in [4.78, 5) is 0. The Kier molecular flexibility index (Phi) is 2.87. The maximum Gasteiger partial charge on any atom is 0.0700 e. The predicted octanol–water partition coefficient (Wildman–Crippen LogP) is 4.10. The van der Waals surface area contributed by atoms with E-state index in [-0.39, 0.29) is 0 Å². The third kappa shape index (κ3) is 1.86. The summed E-state index contributed by atoms with van der Waals surface area (Å²) in [5, 5.41) is 6.20. The molecule has 1 saturated carbocycles. The van der Waals surface area contributed by atoms with Crippen LogP contribution in [0.2, 0.25) is 0 Å². The van der Waals surface area contributed by atoms with Crippen molar-refractivity contribution in [2.45, 2.75) is 51.5 Å². The van der Waals surface area contributed by atoms with Crippen LogP contribution >= 0.6 is 0 Å². The van der Waals surface area contributed by atoms with E-state index in [4.69, 9.17) is 5.10 Å². The number of rotatable bonds is 2. The van der Waals surface area contributed by atoms with Gasteiger partial charge < -0.3 is 0 Å². The number of aromatic nitrogens is 2. The van der Waals surface area contributed by atoms with Gasteiger partial charge in [0.25, 0.3) is 0 Å². The van der Waals surface area contributed by atoms with Crippen molar-refractivity contribution in [1.29, 1.82) is 0 Å². The molecule has 2 nitrogen and oxygen atoms in total. The zero-order valence-electron chi connectivity index (χ0n) is 10.5. The predicted molar refractivity (Wildman–Crippen MR) is 71.2 cm³/mol. The molecule has 0 unspecified atom stereocenters. The number of nitrogens with zero attached hydrogens (tertiary/aromatic N) is 2. The first-order valence-corrected chi connectivity index (χ1v) is 6.86. The van der Waals surface area contributed by atoms with Crippen LogP contribution in [0.4, 0.5) is 0 Å². The molecule has 2 heteroatoms. The molecule has 0 amide bonds. The molecule has 90 valence electrons. The quantitative estimate of drug-likeness (QED) is 0.756. The summed E-state index contributed by atoms with van der Waals surface area (Å²) in [5.41, 5.74) is 2.59. The molecule has 1 aliphatic carbocycles. The Labute approximate surface area is 103 Å². The lowest BCUT2D eigenvalue weighted by Gasteiger charge is -2.22. The monoisotopic (exact) mass is 228 g/mol. The highest BCUT2D eigenvalue weighted by atomic mass is 15.3. The molecular weight excluding hydrogens is 208 g/mol. The molecule has 0 bridgehead atoms. The van der Waals surface area contributed by atoms with Crippen LogP contribution in [0.5, 0.6) is 0 Å². The third-order valence-corrected chi connectivity index (χ3v) is 3.95. The molecule has 0 N–H and O–H groups in total. The van der Waals surface area contributed by atoms with Gasteiger partial charge in [-0.25, -0.2) is 0 Å². The van der Waals surface area contributed by atoms with Crippen LogP contribution < -0.4 is 0 Å². The Morgan fingerprint density at radius 2 is 1.94 bits per heavy atom. The smallest absolute Gasteiger partial charge is 0.0700 e. The number of hydrogen-bond acceptors (Lipinski definition) is 1. The summed E-state index contributed by atoms with van der Waals surface area (Å²) >= 11 is 0. The molecule has 0 spiro atoms. The zero-order chi connectivity index (χ0) is 11.7. The van der Waals surface area contributed by atoms with Crippen LogP contribution in [0.1, 0.15) is 50.8 Å². The van der Waals surface area contributed by atoms with Crippen LogP contribution in [-0.2, 0) is 6.42 Å². The maximum absolute atomic E-state index is 4.85. The number of hydrogen-bond donors (Lipinski definition) is 0. The molecule has 1 heterocycles. The van der Waals surface area contributed by atoms with Gasteiger partial charge in [-0.2, -0.15) is 5.10 Å². The molecule has 0 saturated heterocycles. The lowest BCUT2D eigenvalue weighted by molar-refractivity contribution is 0.336. The van der Waals surface area contributed by atoms with Gasteiger partial charge in [-0.15, -0.1) is 0 Å². The molecular formula is C15H20N2. The van der Waals surface area contributed by atoms with Crippen molar-refractivity contribution >= 4 is 10.9 Å². The summed E-state index contributed by atoms with van der Waals surface area (Å²) in [6.45, 7) is 2.19. The highest BCUT2D eigenvalue weighted by Crippen LogP contribution is 2.31. The van der Waals surface area contributed by atoms with Crippen LogP contribution in [0.25, 0.3) is 10.9 Å². The van der Waals surface area contributed by atoms with Gasteiger partial charge in [-0.05, 0) is 25.3 Å². The van der Waals surface area contributed by atoms with Crippen molar-refractivity contribution in [2.24, 2.45) is 0 Å². The normalized spacial score (nSPS) is 17.7. The van der Waals surface area contributed by atoms with E-state index < -0.39 is 0 Å². The van der Waals surface area contributed by atoms with Crippen LogP contribution in [0.3, 0.4) is 0 Å². The fourth-order valence-corrected chi connectivity index (χ4v) is 3.02. The number of benzene rings is 1. The minimum Gasteiger partial charge on any atom is -0.262 e. The van der Waals surface area contributed by atoms with Gasteiger partial charge in [0.1, 0.15) is 0 Å². The average Bonchev–Trinajstić information content (AvgIpc) is 2.78. The molecule has 0 atom stereocenters. The minimum atomic E-state index is 0.633. The fourth-order valence-electron chi connectivity index (χ4n) is 3.02. The van der Waals surface area contributed by atoms with Crippen molar-refractivity contribution in [3.8, 4) is 0 Å². The molecule has 1 aromatic heterocycles. The maximum atomic E-state index is 4.85. The molecule has 0 radical (unpaired) electrons. The lowest BCUT2D eigenvalue weighted by Crippen LogP contribution is -2.14. The van der Waals surface area contributed by atoms with E-state index in [1.54, 1.807) is 0 Å². The lowest BCUT2D eigenvalue weighted by atomic mass is 9.95. The van der Waals surface area contributed by atoms with E-state index in [0.717, 1.165) is 6.42 Å². The largest absolute Gasteiger partial charge is 0.262 e. The second-order valence-electron chi connectivity index (χ2n) is 5.05. The molecule has 1 fully saturated rings. The summed E-state index contributed by atoms with van der Waals surface area (Å²) in [5.74, 6) is 0. The van der Waals surface area contributed by atoms with E-state index in [2.05, 4.69) is 35.9 Å². The van der Waals surface area contributed by atoms with Gasteiger partial charge in [0.15, 0.2) is 0 Å². The van der Waals surface area contributed by atoms with Crippen LogP contribution in [0.15, 0.2) is 24.3 Å². The Hall–Kier alpha value is -1.31. The van der Waals surface area contributed by atoms with Crippen molar-refractivity contribution in [2.75, 3.05) is 0 Å². The van der Waals surface area contributed by atoms with Crippen molar-refractivity contribution < 1.29 is 0 Å². The van der Waals surface area contributed by atoms with Gasteiger partial charge in [-0.1, -0.05) is 44.4 Å². The molecule has 2 aromatic rings. The Balaban J connectivity index is 2.08. The molecule has 1 aromatic carbocycles. The van der Waals surface area contributed by atoms with Gasteiger partial charge in [-0.3, -0.25) is 4.68 Å². The van der Waals surface area contributed by atoms with E-state index in [1.165, 1.54) is 48.7 Å². The highest BCUT2D eigenvalue weighted by Gasteiger charge is 2.19. The zero-order valence-corrected chi connectivity index (χ0v) is 10.5. The summed E-state index contributed by atoms with van der Waals surface area (Å²) in [6, 6.07) is 9.31. The average molecular weight is 228 g/mol. The standard InChI is InChI=1S/C15H20N2/c1-2-14-13-10-6-7-11-15(13)17(16-14)12-8-4-3-5-9-12/h6-7,10-12H,2-5,8-9H2,1H3. The molecule has 1 aliphatic rings. The number of aryl methyl sites for hydroxylation is 1. The van der Waals surface area contributed by atoms with Crippen LogP contribution in [0, 0.1) is 0 Å². The van der Waals surface area contributed by atoms with E-state index in [9.17, 15) is 0 Å².